The third-order valence-electron chi connectivity index (χ3n) is 5.05. The van der Waals surface area contributed by atoms with E-state index in [0.29, 0.717) is 31.6 Å². The number of esters is 1. The van der Waals surface area contributed by atoms with Crippen molar-refractivity contribution in [3.8, 4) is 5.75 Å². The van der Waals surface area contributed by atoms with Crippen LogP contribution in [0.2, 0.25) is 0 Å². The third kappa shape index (κ3) is 6.71. The number of carbonyl (C=O) groups is 3. The summed E-state index contributed by atoms with van der Waals surface area (Å²) in [6.07, 6.45) is 0.617. The van der Waals surface area contributed by atoms with Crippen molar-refractivity contribution in [2.75, 3.05) is 51.3 Å². The summed E-state index contributed by atoms with van der Waals surface area (Å²) < 4.78 is 10.3. The SMILES string of the molecule is COc1ccc(N2CCN(C(=O)COC(=O)CCCNC(=O)c3ccsc3)CC2)cc1. The fraction of sp³-hybridized carbons (Fsp3) is 0.409. The maximum Gasteiger partial charge on any atom is 0.306 e. The molecule has 8 nitrogen and oxygen atoms in total. The van der Waals surface area contributed by atoms with Crippen molar-refractivity contribution in [3.05, 3.63) is 46.7 Å². The summed E-state index contributed by atoms with van der Waals surface area (Å²) in [5.74, 6) is 0.0336. The number of piperazine rings is 1. The normalized spacial score (nSPS) is 13.6. The van der Waals surface area contributed by atoms with Crippen molar-refractivity contribution in [2.24, 2.45) is 0 Å². The Morgan fingerprint density at radius 2 is 1.81 bits per heavy atom. The fourth-order valence-electron chi connectivity index (χ4n) is 3.24. The minimum absolute atomic E-state index is 0.154. The molecule has 0 radical (unpaired) electrons. The number of thiophene rings is 1. The summed E-state index contributed by atoms with van der Waals surface area (Å²) in [4.78, 5) is 39.9. The second-order valence-electron chi connectivity index (χ2n) is 7.10. The van der Waals surface area contributed by atoms with Gasteiger partial charge >= 0.3 is 5.97 Å². The molecule has 0 bridgehead atoms. The quantitative estimate of drug-likeness (QED) is 0.470. The molecule has 0 atom stereocenters. The number of hydrogen-bond acceptors (Lipinski definition) is 7. The number of carbonyl (C=O) groups excluding carboxylic acids is 3. The minimum atomic E-state index is -0.435. The molecule has 1 aliphatic rings. The number of hydrogen-bond donors (Lipinski definition) is 1. The first-order valence-electron chi connectivity index (χ1n) is 10.2. The topological polar surface area (TPSA) is 88.2 Å². The van der Waals surface area contributed by atoms with Crippen LogP contribution >= 0.6 is 11.3 Å². The van der Waals surface area contributed by atoms with Gasteiger partial charge < -0.3 is 24.6 Å². The van der Waals surface area contributed by atoms with E-state index in [1.165, 1.54) is 11.3 Å². The molecule has 3 rings (SSSR count). The van der Waals surface area contributed by atoms with E-state index in [9.17, 15) is 14.4 Å². The summed E-state index contributed by atoms with van der Waals surface area (Å²) in [6, 6.07) is 9.58. The van der Waals surface area contributed by atoms with Crippen LogP contribution in [0.1, 0.15) is 23.2 Å². The molecule has 1 aliphatic heterocycles. The predicted molar refractivity (Wildman–Crippen MR) is 119 cm³/mol. The van der Waals surface area contributed by atoms with Gasteiger partial charge in [-0.1, -0.05) is 0 Å². The second kappa shape index (κ2) is 11.4. The van der Waals surface area contributed by atoms with Gasteiger partial charge in [-0.05, 0) is 42.1 Å². The van der Waals surface area contributed by atoms with Gasteiger partial charge in [-0.2, -0.15) is 11.3 Å². The maximum atomic E-state index is 12.3. The van der Waals surface area contributed by atoms with Gasteiger partial charge in [0, 0.05) is 55.8 Å². The number of nitrogens with zero attached hydrogens (tertiary/aromatic N) is 2. The van der Waals surface area contributed by atoms with Crippen LogP contribution < -0.4 is 15.0 Å². The Labute approximate surface area is 185 Å². The van der Waals surface area contributed by atoms with Crippen molar-refractivity contribution < 1.29 is 23.9 Å². The van der Waals surface area contributed by atoms with Gasteiger partial charge in [-0.15, -0.1) is 0 Å². The lowest BCUT2D eigenvalue weighted by atomic mass is 10.2. The first kappa shape index (κ1) is 22.6. The Hall–Kier alpha value is -3.07. The van der Waals surface area contributed by atoms with Crippen molar-refractivity contribution in [3.63, 3.8) is 0 Å². The fourth-order valence-corrected chi connectivity index (χ4v) is 3.88. The van der Waals surface area contributed by atoms with E-state index >= 15 is 0 Å². The molecule has 1 fully saturated rings. The van der Waals surface area contributed by atoms with Crippen molar-refractivity contribution in [2.45, 2.75) is 12.8 Å². The van der Waals surface area contributed by atoms with Crippen molar-refractivity contribution in [1.82, 2.24) is 10.2 Å². The van der Waals surface area contributed by atoms with Gasteiger partial charge in [0.1, 0.15) is 5.75 Å². The first-order valence-corrected chi connectivity index (χ1v) is 11.1. The van der Waals surface area contributed by atoms with Crippen molar-refractivity contribution in [1.29, 1.82) is 0 Å². The molecule has 31 heavy (non-hydrogen) atoms. The van der Waals surface area contributed by atoms with Gasteiger partial charge in [-0.3, -0.25) is 14.4 Å². The van der Waals surface area contributed by atoms with Crippen LogP contribution in [-0.2, 0) is 14.3 Å². The van der Waals surface area contributed by atoms with E-state index in [1.807, 2.05) is 29.6 Å². The summed E-state index contributed by atoms with van der Waals surface area (Å²) in [5, 5.41) is 6.36. The summed E-state index contributed by atoms with van der Waals surface area (Å²) in [5.41, 5.74) is 1.70. The zero-order chi connectivity index (χ0) is 22.1. The zero-order valence-electron chi connectivity index (χ0n) is 17.5. The van der Waals surface area contributed by atoms with Gasteiger partial charge in [0.15, 0.2) is 6.61 Å². The number of ether oxygens (including phenoxy) is 2. The van der Waals surface area contributed by atoms with Gasteiger partial charge in [0.05, 0.1) is 7.11 Å². The summed E-state index contributed by atoms with van der Waals surface area (Å²) in [7, 11) is 1.64. The first-order chi connectivity index (χ1) is 15.1. The monoisotopic (exact) mass is 445 g/mol. The lowest BCUT2D eigenvalue weighted by Crippen LogP contribution is -2.49. The Kier molecular flexibility index (Phi) is 8.28. The Balaban J connectivity index is 1.29. The van der Waals surface area contributed by atoms with Crippen LogP contribution in [0.5, 0.6) is 5.75 Å². The van der Waals surface area contributed by atoms with Crippen LogP contribution in [0.4, 0.5) is 5.69 Å². The number of methoxy groups -OCH3 is 1. The molecule has 9 heteroatoms. The standard InChI is InChI=1S/C22H27N3O5S/c1-29-19-6-4-18(5-7-19)24-10-12-25(13-11-24)20(26)15-30-21(27)3-2-9-23-22(28)17-8-14-31-16-17/h4-8,14,16H,2-3,9-13,15H2,1H3,(H,23,28). The molecule has 2 aromatic rings. The average Bonchev–Trinajstić information content (AvgIpc) is 3.35. The highest BCUT2D eigenvalue weighted by Gasteiger charge is 2.22. The molecular formula is C22H27N3O5S. The Bertz CT molecular complexity index is 862. The molecule has 2 amide bonds. The van der Waals surface area contributed by atoms with Crippen LogP contribution in [-0.4, -0.2) is 69.1 Å². The smallest absolute Gasteiger partial charge is 0.306 e. The highest BCUT2D eigenvalue weighted by Crippen LogP contribution is 2.20. The van der Waals surface area contributed by atoms with Crippen molar-refractivity contribution >= 4 is 34.8 Å². The highest BCUT2D eigenvalue weighted by atomic mass is 32.1. The lowest BCUT2D eigenvalue weighted by Gasteiger charge is -2.36. The largest absolute Gasteiger partial charge is 0.497 e. The number of benzene rings is 1. The van der Waals surface area contributed by atoms with Crippen LogP contribution in [0.15, 0.2) is 41.1 Å². The van der Waals surface area contributed by atoms with Gasteiger partial charge in [0.25, 0.3) is 11.8 Å². The lowest BCUT2D eigenvalue weighted by molar-refractivity contribution is -0.152. The third-order valence-corrected chi connectivity index (χ3v) is 5.74. The molecule has 0 unspecified atom stereocenters. The number of anilines is 1. The zero-order valence-corrected chi connectivity index (χ0v) is 18.4. The molecular weight excluding hydrogens is 418 g/mol. The Morgan fingerprint density at radius 1 is 1.06 bits per heavy atom. The molecule has 0 spiro atoms. The number of rotatable bonds is 9. The number of amides is 2. The molecule has 0 aliphatic carbocycles. The molecule has 1 saturated heterocycles. The number of nitrogens with one attached hydrogen (secondary N) is 1. The highest BCUT2D eigenvalue weighted by molar-refractivity contribution is 7.08. The van der Waals surface area contributed by atoms with E-state index in [1.54, 1.807) is 23.5 Å². The van der Waals surface area contributed by atoms with Crippen LogP contribution in [0.25, 0.3) is 0 Å². The second-order valence-corrected chi connectivity index (χ2v) is 7.88. The summed E-state index contributed by atoms with van der Waals surface area (Å²) in [6.45, 7) is 2.73. The Morgan fingerprint density at radius 3 is 2.45 bits per heavy atom. The van der Waals surface area contributed by atoms with E-state index in [2.05, 4.69) is 10.2 Å². The molecule has 1 aromatic heterocycles. The van der Waals surface area contributed by atoms with Gasteiger partial charge in [0.2, 0.25) is 0 Å². The van der Waals surface area contributed by atoms with Gasteiger partial charge in [-0.25, -0.2) is 0 Å². The molecule has 1 N–H and O–H groups in total. The van der Waals surface area contributed by atoms with E-state index < -0.39 is 5.97 Å². The molecule has 1 aromatic carbocycles. The molecule has 0 saturated carbocycles. The molecule has 2 heterocycles. The van der Waals surface area contributed by atoms with E-state index in [4.69, 9.17) is 9.47 Å². The average molecular weight is 446 g/mol. The van der Waals surface area contributed by atoms with Crippen LogP contribution in [0.3, 0.4) is 0 Å². The van der Waals surface area contributed by atoms with E-state index in [0.717, 1.165) is 24.5 Å². The predicted octanol–water partition coefficient (Wildman–Crippen LogP) is 2.16. The molecule has 166 valence electrons. The summed E-state index contributed by atoms with van der Waals surface area (Å²) >= 11 is 1.46. The van der Waals surface area contributed by atoms with Crippen LogP contribution in [0, 0.1) is 0 Å². The van der Waals surface area contributed by atoms with E-state index in [-0.39, 0.29) is 24.8 Å². The maximum absolute atomic E-state index is 12.3. The minimum Gasteiger partial charge on any atom is -0.497 e.